The monoisotopic (exact) mass is 257 g/mol. The Morgan fingerprint density at radius 2 is 1.95 bits per heavy atom. The smallest absolute Gasteiger partial charge is 0.270 e. The molecule has 2 N–H and O–H groups in total. The van der Waals surface area contributed by atoms with E-state index in [0.717, 1.165) is 5.69 Å². The van der Waals surface area contributed by atoms with Crippen LogP contribution in [0.3, 0.4) is 0 Å². The van der Waals surface area contributed by atoms with Gasteiger partial charge >= 0.3 is 0 Å². The normalized spacial score (nSPS) is 10.5. The van der Waals surface area contributed by atoms with Crippen LogP contribution in [0.25, 0.3) is 0 Å². The van der Waals surface area contributed by atoms with Crippen LogP contribution in [-0.4, -0.2) is 16.2 Å². The highest BCUT2D eigenvalue weighted by atomic mass is 16.6. The number of hydrogen-bond acceptors (Lipinski definition) is 5. The molecule has 0 amide bonds. The van der Waals surface area contributed by atoms with Crippen LogP contribution in [0.5, 0.6) is 5.75 Å². The molecule has 19 heavy (non-hydrogen) atoms. The van der Waals surface area contributed by atoms with Gasteiger partial charge in [0, 0.05) is 17.7 Å². The van der Waals surface area contributed by atoms with Crippen LogP contribution in [-0.2, 0) is 0 Å². The van der Waals surface area contributed by atoms with Crippen LogP contribution >= 0.6 is 0 Å². The Kier molecular flexibility index (Phi) is 3.72. The summed E-state index contributed by atoms with van der Waals surface area (Å²) in [5, 5.41) is 24.1. The fourth-order valence-corrected chi connectivity index (χ4v) is 1.45. The van der Waals surface area contributed by atoms with Gasteiger partial charge in [0.25, 0.3) is 5.69 Å². The summed E-state index contributed by atoms with van der Waals surface area (Å²) < 4.78 is 0. The van der Waals surface area contributed by atoms with E-state index in [0.29, 0.717) is 0 Å². The molecule has 0 atom stereocenters. The van der Waals surface area contributed by atoms with E-state index in [4.69, 9.17) is 0 Å². The first kappa shape index (κ1) is 12.6. The van der Waals surface area contributed by atoms with Crippen LogP contribution in [0.4, 0.5) is 11.4 Å². The Hall–Kier alpha value is -2.89. The summed E-state index contributed by atoms with van der Waals surface area (Å²) in [6.07, 6.45) is 1.33. The first-order valence-electron chi connectivity index (χ1n) is 5.48. The van der Waals surface area contributed by atoms with Gasteiger partial charge in [-0.25, -0.2) is 0 Å². The number of hydrazone groups is 1. The quantitative estimate of drug-likeness (QED) is 0.500. The molecule has 6 nitrogen and oxygen atoms in total. The maximum absolute atomic E-state index is 10.6. The summed E-state index contributed by atoms with van der Waals surface area (Å²) >= 11 is 0. The summed E-state index contributed by atoms with van der Waals surface area (Å²) in [5.74, 6) is -0.0655. The zero-order valence-corrected chi connectivity index (χ0v) is 9.85. The summed E-state index contributed by atoms with van der Waals surface area (Å²) in [7, 11) is 0. The number of para-hydroxylation sites is 1. The zero-order valence-electron chi connectivity index (χ0n) is 9.85. The van der Waals surface area contributed by atoms with Crippen LogP contribution in [0.1, 0.15) is 5.56 Å². The van der Waals surface area contributed by atoms with Gasteiger partial charge in [-0.2, -0.15) is 5.10 Å². The third kappa shape index (κ3) is 3.29. The molecule has 0 heterocycles. The van der Waals surface area contributed by atoms with E-state index >= 15 is 0 Å². The molecule has 2 aromatic carbocycles. The largest absolute Gasteiger partial charge is 0.507 e. The number of nitrogens with one attached hydrogen (secondary N) is 1. The summed E-state index contributed by atoms with van der Waals surface area (Å²) in [6.45, 7) is 0. The molecule has 6 heteroatoms. The van der Waals surface area contributed by atoms with E-state index < -0.39 is 4.92 Å². The Balaban J connectivity index is 2.14. The summed E-state index contributed by atoms with van der Waals surface area (Å²) in [6, 6.07) is 13.0. The lowest BCUT2D eigenvalue weighted by Crippen LogP contribution is -1.93. The molecule has 0 spiro atoms. The highest BCUT2D eigenvalue weighted by molar-refractivity contribution is 5.84. The van der Waals surface area contributed by atoms with Crippen molar-refractivity contribution in [2.75, 3.05) is 5.43 Å². The van der Waals surface area contributed by atoms with Crippen molar-refractivity contribution in [1.82, 2.24) is 0 Å². The molecule has 0 aliphatic carbocycles. The lowest BCUT2D eigenvalue weighted by atomic mass is 10.2. The summed E-state index contributed by atoms with van der Waals surface area (Å²) in [4.78, 5) is 10.1. The number of phenols is 1. The van der Waals surface area contributed by atoms with Gasteiger partial charge in [-0.3, -0.25) is 15.5 Å². The average molecular weight is 257 g/mol. The highest BCUT2D eigenvalue weighted by Crippen LogP contribution is 2.21. The topological polar surface area (TPSA) is 87.8 Å². The van der Waals surface area contributed by atoms with Crippen LogP contribution in [0.15, 0.2) is 53.6 Å². The maximum Gasteiger partial charge on any atom is 0.270 e. The zero-order chi connectivity index (χ0) is 13.7. The minimum atomic E-state index is -0.526. The predicted molar refractivity (Wildman–Crippen MR) is 72.4 cm³/mol. The molecule has 2 aromatic rings. The third-order valence-electron chi connectivity index (χ3n) is 2.39. The second-order valence-corrected chi connectivity index (χ2v) is 3.74. The Morgan fingerprint density at radius 3 is 2.63 bits per heavy atom. The molecule has 0 fully saturated rings. The minimum absolute atomic E-state index is 0.0655. The second-order valence-electron chi connectivity index (χ2n) is 3.74. The number of nitrogens with zero attached hydrogens (tertiary/aromatic N) is 2. The lowest BCUT2D eigenvalue weighted by molar-refractivity contribution is -0.384. The van der Waals surface area contributed by atoms with E-state index in [1.54, 1.807) is 0 Å². The van der Waals surface area contributed by atoms with Gasteiger partial charge in [-0.1, -0.05) is 18.2 Å². The number of benzene rings is 2. The molecular weight excluding hydrogens is 246 g/mol. The fourth-order valence-electron chi connectivity index (χ4n) is 1.45. The average Bonchev–Trinajstić information content (AvgIpc) is 2.42. The van der Waals surface area contributed by atoms with Gasteiger partial charge in [0.1, 0.15) is 5.75 Å². The van der Waals surface area contributed by atoms with Crippen molar-refractivity contribution in [3.63, 3.8) is 0 Å². The van der Waals surface area contributed by atoms with E-state index in [2.05, 4.69) is 10.5 Å². The maximum atomic E-state index is 10.6. The minimum Gasteiger partial charge on any atom is -0.507 e. The van der Waals surface area contributed by atoms with Crippen molar-refractivity contribution in [2.24, 2.45) is 5.10 Å². The van der Waals surface area contributed by atoms with Gasteiger partial charge in [-0.15, -0.1) is 0 Å². The molecule has 0 saturated heterocycles. The molecular formula is C13H11N3O3. The van der Waals surface area contributed by atoms with Gasteiger partial charge < -0.3 is 5.11 Å². The van der Waals surface area contributed by atoms with Crippen molar-refractivity contribution in [3.8, 4) is 5.75 Å². The number of hydrogen-bond donors (Lipinski definition) is 2. The van der Waals surface area contributed by atoms with Crippen molar-refractivity contribution >= 4 is 17.6 Å². The second kappa shape index (κ2) is 5.63. The van der Waals surface area contributed by atoms with Gasteiger partial charge in [-0.05, 0) is 18.2 Å². The van der Waals surface area contributed by atoms with Crippen LogP contribution in [0, 0.1) is 10.1 Å². The number of anilines is 1. The van der Waals surface area contributed by atoms with Gasteiger partial charge in [0.05, 0.1) is 16.8 Å². The summed E-state index contributed by atoms with van der Waals surface area (Å²) in [5.41, 5.74) is 3.72. The third-order valence-corrected chi connectivity index (χ3v) is 2.39. The van der Waals surface area contributed by atoms with Gasteiger partial charge in [0.15, 0.2) is 0 Å². The highest BCUT2D eigenvalue weighted by Gasteiger charge is 2.08. The Labute approximate surface area is 109 Å². The van der Waals surface area contributed by atoms with E-state index in [1.165, 1.54) is 24.4 Å². The molecule has 2 rings (SSSR count). The van der Waals surface area contributed by atoms with E-state index in [1.807, 2.05) is 30.3 Å². The number of nitro benzene ring substituents is 1. The first-order valence-corrected chi connectivity index (χ1v) is 5.48. The molecule has 0 radical (unpaired) electrons. The standard InChI is InChI=1S/C13H11N3O3/c17-13-7-6-12(16(18)19)8-10(13)9-14-15-11-4-2-1-3-5-11/h1-9,15,17H/b14-9+. The number of phenolic OH excluding ortho intramolecular Hbond substituents is 1. The van der Waals surface area contributed by atoms with Crippen molar-refractivity contribution in [1.29, 1.82) is 0 Å². The van der Waals surface area contributed by atoms with Crippen molar-refractivity contribution in [3.05, 3.63) is 64.2 Å². The molecule has 96 valence electrons. The number of rotatable bonds is 4. The fraction of sp³-hybridized carbons (Fsp3) is 0. The Morgan fingerprint density at radius 1 is 1.21 bits per heavy atom. The molecule has 0 aromatic heterocycles. The van der Waals surface area contributed by atoms with E-state index in [9.17, 15) is 15.2 Å². The molecule has 0 aliphatic rings. The van der Waals surface area contributed by atoms with E-state index in [-0.39, 0.29) is 17.0 Å². The lowest BCUT2D eigenvalue weighted by Gasteiger charge is -2.00. The van der Waals surface area contributed by atoms with Crippen LogP contribution < -0.4 is 5.43 Å². The SMILES string of the molecule is O=[N+]([O-])c1ccc(O)c(/C=N/Nc2ccccc2)c1. The first-order chi connectivity index (χ1) is 9.16. The molecule has 0 bridgehead atoms. The Bertz CT molecular complexity index is 612. The molecule has 0 aliphatic heterocycles. The van der Waals surface area contributed by atoms with Crippen molar-refractivity contribution in [2.45, 2.75) is 0 Å². The molecule has 0 unspecified atom stereocenters. The van der Waals surface area contributed by atoms with Crippen LogP contribution in [0.2, 0.25) is 0 Å². The predicted octanol–water partition coefficient (Wildman–Crippen LogP) is 2.75. The van der Waals surface area contributed by atoms with Gasteiger partial charge in [0.2, 0.25) is 0 Å². The van der Waals surface area contributed by atoms with Crippen molar-refractivity contribution < 1.29 is 10.0 Å². The number of nitro groups is 1. The number of non-ortho nitro benzene ring substituents is 1. The number of aromatic hydroxyl groups is 1. The molecule has 0 saturated carbocycles.